The van der Waals surface area contributed by atoms with Crippen LogP contribution in [0, 0.1) is 69.0 Å². The summed E-state index contributed by atoms with van der Waals surface area (Å²) in [4.78, 5) is 11.1. The highest BCUT2D eigenvalue weighted by Gasteiger charge is 2.79. The number of hydrogen-bond acceptors (Lipinski definition) is 13. The molecule has 0 bridgehead atoms. The van der Waals surface area contributed by atoms with Crippen molar-refractivity contribution in [1.82, 2.24) is 9.97 Å². The molecule has 4 aliphatic heterocycles. The van der Waals surface area contributed by atoms with Crippen molar-refractivity contribution in [3.05, 3.63) is 46.1 Å². The molecule has 13 heteroatoms. The normalized spacial score (nSPS) is 60.0. The lowest BCUT2D eigenvalue weighted by Gasteiger charge is -2.62. The highest BCUT2D eigenvalue weighted by atomic mass is 16.7. The van der Waals surface area contributed by atoms with E-state index in [-0.39, 0.29) is 53.6 Å². The van der Waals surface area contributed by atoms with Gasteiger partial charge >= 0.3 is 0 Å². The number of hydrogen-bond donors (Lipinski definition) is 7. The van der Waals surface area contributed by atoms with E-state index in [1.54, 1.807) is 13.8 Å². The van der Waals surface area contributed by atoms with Gasteiger partial charge in [0.25, 0.3) is 0 Å². The fourth-order valence-corrected chi connectivity index (χ4v) is 19.0. The predicted molar refractivity (Wildman–Crippen MR) is 243 cm³/mol. The summed E-state index contributed by atoms with van der Waals surface area (Å²) in [6, 6.07) is 0. The lowest BCUT2D eigenvalue weighted by atomic mass is 9.43. The summed E-state index contributed by atoms with van der Waals surface area (Å²) >= 11 is 0. The molecule has 1 aromatic heterocycles. The van der Waals surface area contributed by atoms with E-state index in [1.807, 2.05) is 26.8 Å². The molecule has 12 aliphatic rings. The van der Waals surface area contributed by atoms with E-state index < -0.39 is 87.2 Å². The van der Waals surface area contributed by atoms with Crippen LogP contribution in [0.3, 0.4) is 0 Å². The van der Waals surface area contributed by atoms with Crippen molar-refractivity contribution in [3.8, 4) is 0 Å². The van der Waals surface area contributed by atoms with Gasteiger partial charge in [0.15, 0.2) is 11.6 Å². The minimum Gasteiger partial charge on any atom is -0.392 e. The lowest BCUT2D eigenvalue weighted by Crippen LogP contribution is -2.66. The van der Waals surface area contributed by atoms with Crippen LogP contribution in [0.4, 0.5) is 0 Å². The van der Waals surface area contributed by atoms with E-state index in [9.17, 15) is 35.7 Å². The van der Waals surface area contributed by atoms with Gasteiger partial charge in [0, 0.05) is 41.4 Å². The molecular formula is C54H76N2O11. The van der Waals surface area contributed by atoms with Crippen LogP contribution in [0.15, 0.2) is 23.3 Å². The van der Waals surface area contributed by atoms with Gasteiger partial charge in [0.2, 0.25) is 0 Å². The summed E-state index contributed by atoms with van der Waals surface area (Å²) < 4.78 is 26.1. The summed E-state index contributed by atoms with van der Waals surface area (Å²) in [7, 11) is 0. The van der Waals surface area contributed by atoms with E-state index in [1.165, 1.54) is 0 Å². The maximum atomic E-state index is 12.9. The Labute approximate surface area is 395 Å². The Morgan fingerprint density at radius 3 is 1.57 bits per heavy atom. The van der Waals surface area contributed by atoms with Crippen molar-refractivity contribution in [1.29, 1.82) is 0 Å². The first-order chi connectivity index (χ1) is 31.3. The molecule has 0 unspecified atom stereocenters. The molecule has 0 amide bonds. The Morgan fingerprint density at radius 2 is 1.04 bits per heavy atom. The van der Waals surface area contributed by atoms with Gasteiger partial charge in [0.05, 0.1) is 65.5 Å². The molecule has 368 valence electrons. The smallest absolute Gasteiger partial charge is 0.174 e. The highest BCUT2D eigenvalue weighted by molar-refractivity contribution is 5.45. The molecule has 4 saturated carbocycles. The number of fused-ring (bicyclic) bond motifs is 16. The number of rotatable bonds is 0. The fourth-order valence-electron chi connectivity index (χ4n) is 19.0. The molecule has 5 heterocycles. The second-order valence-electron chi connectivity index (χ2n) is 26.4. The summed E-state index contributed by atoms with van der Waals surface area (Å²) in [5.74, 6) is -2.32. The van der Waals surface area contributed by atoms with E-state index in [4.69, 9.17) is 28.9 Å². The number of aliphatic hydroxyl groups is 7. The summed E-state index contributed by atoms with van der Waals surface area (Å²) in [5, 5.41) is 84.4. The Hall–Kier alpha value is -1.88. The summed E-state index contributed by atoms with van der Waals surface area (Å²) in [5.41, 5.74) is -0.720. The highest BCUT2D eigenvalue weighted by Crippen LogP contribution is 2.73. The number of nitrogens with zero attached hydrogens (tertiary/aromatic N) is 2. The maximum Gasteiger partial charge on any atom is 0.174 e. The number of aliphatic hydroxyl groups excluding tert-OH is 3. The van der Waals surface area contributed by atoms with E-state index in [0.29, 0.717) is 57.3 Å². The van der Waals surface area contributed by atoms with Crippen LogP contribution < -0.4 is 0 Å². The molecule has 0 aromatic carbocycles. The monoisotopic (exact) mass is 929 g/mol. The van der Waals surface area contributed by atoms with Gasteiger partial charge in [-0.15, -0.1) is 0 Å². The molecule has 7 N–H and O–H groups in total. The van der Waals surface area contributed by atoms with Crippen LogP contribution in [0.5, 0.6) is 0 Å². The molecule has 23 atom stereocenters. The third-order valence-electron chi connectivity index (χ3n) is 23.4. The molecule has 8 aliphatic carbocycles. The van der Waals surface area contributed by atoms with Crippen molar-refractivity contribution < 1.29 is 54.7 Å². The molecule has 67 heavy (non-hydrogen) atoms. The largest absolute Gasteiger partial charge is 0.392 e. The Balaban J connectivity index is 0.774. The van der Waals surface area contributed by atoms with Crippen LogP contribution in [0.1, 0.15) is 136 Å². The Kier molecular flexibility index (Phi) is 9.00. The van der Waals surface area contributed by atoms with Crippen LogP contribution in [0.2, 0.25) is 0 Å². The van der Waals surface area contributed by atoms with Crippen molar-refractivity contribution in [2.75, 3.05) is 13.2 Å². The maximum absolute atomic E-state index is 12.9. The minimum absolute atomic E-state index is 0.0378. The van der Waals surface area contributed by atoms with Crippen LogP contribution >= 0.6 is 0 Å². The average molecular weight is 929 g/mol. The number of aromatic nitrogens is 2. The molecule has 4 saturated heterocycles. The van der Waals surface area contributed by atoms with Gasteiger partial charge in [-0.25, -0.2) is 0 Å². The summed E-state index contributed by atoms with van der Waals surface area (Å²) in [6.45, 7) is 16.6. The second kappa shape index (κ2) is 13.4. The second-order valence-corrected chi connectivity index (χ2v) is 26.4. The van der Waals surface area contributed by atoms with Gasteiger partial charge < -0.3 is 54.7 Å². The zero-order chi connectivity index (χ0) is 47.2. The summed E-state index contributed by atoms with van der Waals surface area (Å²) in [6.07, 6.45) is 9.22. The molecule has 13 rings (SSSR count). The molecule has 8 fully saturated rings. The lowest BCUT2D eigenvalue weighted by molar-refractivity contribution is -0.289. The fraction of sp³-hybridized carbons (Fsp3) is 0.852. The van der Waals surface area contributed by atoms with E-state index in [2.05, 4.69) is 26.8 Å². The van der Waals surface area contributed by atoms with Crippen molar-refractivity contribution >= 4 is 0 Å². The average Bonchev–Trinajstić information content (AvgIpc) is 3.82. The molecule has 1 aromatic rings. The SMILES string of the molecule is C[C@@H]1[C@@]2(CC[C@@](C)(O)CO2)O[C@@H]2C=C3[C@H]4[C@H](O)C[C@H]5Cc6nc7c(nc6C[C@@]5(C)[C@@H]4C[C@@H](O)[C@]3(C)[C@@]12O)C[C@H]1CC[C@@H]2C3=C[C@@H]4O[C@]5(CC[C@@](C)(O)CO5)[C@@H](C)[C@]4(O)[C@@]3(C)[C@@H](O)C[C@H]2[C@@]1(C)C7. The Bertz CT molecular complexity index is 2370. The van der Waals surface area contributed by atoms with Crippen molar-refractivity contribution in [3.63, 3.8) is 0 Å². The van der Waals surface area contributed by atoms with Gasteiger partial charge in [-0.05, 0) is 125 Å². The van der Waals surface area contributed by atoms with E-state index in [0.717, 1.165) is 66.0 Å². The molecule has 13 nitrogen and oxygen atoms in total. The first kappa shape index (κ1) is 45.0. The van der Waals surface area contributed by atoms with Gasteiger partial charge in [-0.1, -0.05) is 64.8 Å². The van der Waals surface area contributed by atoms with Gasteiger partial charge in [-0.3, -0.25) is 9.97 Å². The quantitative estimate of drug-likeness (QED) is 0.181. The third-order valence-corrected chi connectivity index (χ3v) is 23.4. The van der Waals surface area contributed by atoms with Gasteiger partial charge in [0.1, 0.15) is 23.4 Å². The van der Waals surface area contributed by atoms with Crippen LogP contribution in [-0.2, 0) is 44.6 Å². The van der Waals surface area contributed by atoms with E-state index >= 15 is 0 Å². The standard InChI is InChI=1S/C54H76N2O11/c1-26-51(13-11-45(3,60)24-64-51)66-42-20-32-30-10-9-28-15-35-37(22-47(28,5)31(30)18-40(58)49(32,7)53(26,42)62)56-36-16-29-17-39(57)44-33(48(29,6)23-38(36)55-35)19-41(59)50(8)34(44)21-43-54(50,63)27(2)52(67-43)14-12-46(4,61)25-65-52/h20-21,26-31,33,39-44,57-63H,9-19,22-25H2,1-8H3/t26-,27-,28-,29-,30+,31-,33-,39-,40+,41-,42+,43-,44+,45-,46-,47+,48-,49-,50-,51-,52-,53-,54-/m1/s1. The first-order valence-corrected chi connectivity index (χ1v) is 26.2. The van der Waals surface area contributed by atoms with Crippen molar-refractivity contribution in [2.24, 2.45) is 69.0 Å². The zero-order valence-electron chi connectivity index (χ0n) is 40.9. The molecular weight excluding hydrogens is 853 g/mol. The predicted octanol–water partition coefficient (Wildman–Crippen LogP) is 4.41. The minimum atomic E-state index is -1.45. The van der Waals surface area contributed by atoms with Crippen molar-refractivity contribution in [2.45, 2.75) is 203 Å². The molecule has 0 radical (unpaired) electrons. The first-order valence-electron chi connectivity index (χ1n) is 26.2. The van der Waals surface area contributed by atoms with Crippen LogP contribution in [0.25, 0.3) is 0 Å². The third kappa shape index (κ3) is 5.25. The van der Waals surface area contributed by atoms with Gasteiger partial charge in [-0.2, -0.15) is 0 Å². The topological polar surface area (TPSA) is 204 Å². The molecule has 2 spiro atoms. The zero-order valence-corrected chi connectivity index (χ0v) is 40.9. The number of ether oxygens (including phenoxy) is 4. The Morgan fingerprint density at radius 1 is 0.567 bits per heavy atom. The van der Waals surface area contributed by atoms with Crippen LogP contribution in [-0.4, -0.2) is 123 Å².